The van der Waals surface area contributed by atoms with Crippen LogP contribution < -0.4 is 15.5 Å². The van der Waals surface area contributed by atoms with Gasteiger partial charge in [-0.3, -0.25) is 4.79 Å². The first-order valence-electron chi connectivity index (χ1n) is 7.28. The molecule has 1 aliphatic heterocycles. The maximum atomic E-state index is 11.4. The molecule has 1 aliphatic rings. The van der Waals surface area contributed by atoms with E-state index in [1.54, 1.807) is 13.1 Å². The van der Waals surface area contributed by atoms with Crippen LogP contribution >= 0.6 is 0 Å². The molecule has 0 aliphatic carbocycles. The summed E-state index contributed by atoms with van der Waals surface area (Å²) in [6.07, 6.45) is 3.76. The molecule has 0 saturated carbocycles. The Hall–Kier alpha value is -1.69. The van der Waals surface area contributed by atoms with Crippen molar-refractivity contribution in [3.05, 3.63) is 17.8 Å². The molecule has 1 saturated heterocycles. The van der Waals surface area contributed by atoms with Gasteiger partial charge in [0.25, 0.3) is 5.91 Å². The molecule has 0 aromatic carbocycles. The van der Waals surface area contributed by atoms with Crippen LogP contribution in [0.4, 0.5) is 5.82 Å². The molecule has 1 amide bonds. The van der Waals surface area contributed by atoms with Crippen molar-refractivity contribution in [2.24, 2.45) is 0 Å². The second-order valence-corrected chi connectivity index (χ2v) is 5.04. The van der Waals surface area contributed by atoms with Crippen LogP contribution in [0, 0.1) is 0 Å². The van der Waals surface area contributed by atoms with Crippen molar-refractivity contribution in [3.8, 4) is 0 Å². The molecule has 6 heteroatoms. The molecular weight excluding hydrogens is 254 g/mol. The first-order valence-corrected chi connectivity index (χ1v) is 7.28. The van der Waals surface area contributed by atoms with Gasteiger partial charge in [0, 0.05) is 26.2 Å². The van der Waals surface area contributed by atoms with Gasteiger partial charge >= 0.3 is 0 Å². The third kappa shape index (κ3) is 3.66. The van der Waals surface area contributed by atoms with E-state index in [1.165, 1.54) is 19.3 Å². The standard InChI is InChI=1S/C14H23N5O/c1-3-19(10-11-6-4-5-9-16-11)13-8-7-12(17-18-13)14(20)15-2/h7-8,11,16H,3-6,9-10H2,1-2H3,(H,15,20). The smallest absolute Gasteiger partial charge is 0.271 e. The Morgan fingerprint density at radius 1 is 1.45 bits per heavy atom. The number of anilines is 1. The molecule has 1 fully saturated rings. The minimum absolute atomic E-state index is 0.207. The minimum atomic E-state index is -0.207. The Kier molecular flexibility index (Phi) is 5.29. The van der Waals surface area contributed by atoms with Gasteiger partial charge < -0.3 is 15.5 Å². The zero-order chi connectivity index (χ0) is 14.4. The highest BCUT2D eigenvalue weighted by molar-refractivity contribution is 5.91. The summed E-state index contributed by atoms with van der Waals surface area (Å²) >= 11 is 0. The Labute approximate surface area is 120 Å². The highest BCUT2D eigenvalue weighted by Crippen LogP contribution is 2.14. The number of carbonyl (C=O) groups excluding carboxylic acids is 1. The number of nitrogens with one attached hydrogen (secondary N) is 2. The van der Waals surface area contributed by atoms with Crippen molar-refractivity contribution in [1.29, 1.82) is 0 Å². The number of amides is 1. The maximum Gasteiger partial charge on any atom is 0.271 e. The van der Waals surface area contributed by atoms with Crippen molar-refractivity contribution in [2.45, 2.75) is 32.2 Å². The second-order valence-electron chi connectivity index (χ2n) is 5.04. The Morgan fingerprint density at radius 2 is 2.30 bits per heavy atom. The van der Waals surface area contributed by atoms with Crippen LogP contribution in [0.5, 0.6) is 0 Å². The van der Waals surface area contributed by atoms with Crippen LogP contribution in [0.25, 0.3) is 0 Å². The van der Waals surface area contributed by atoms with Crippen LogP contribution in [0.1, 0.15) is 36.7 Å². The lowest BCUT2D eigenvalue weighted by atomic mass is 10.0. The lowest BCUT2D eigenvalue weighted by molar-refractivity contribution is 0.0957. The second kappa shape index (κ2) is 7.19. The van der Waals surface area contributed by atoms with Crippen LogP contribution in [0.3, 0.4) is 0 Å². The van der Waals surface area contributed by atoms with E-state index >= 15 is 0 Å². The molecule has 20 heavy (non-hydrogen) atoms. The van der Waals surface area contributed by atoms with Gasteiger partial charge in [0.05, 0.1) is 0 Å². The molecule has 0 spiro atoms. The fourth-order valence-corrected chi connectivity index (χ4v) is 2.47. The Morgan fingerprint density at radius 3 is 2.85 bits per heavy atom. The SMILES string of the molecule is CCN(CC1CCCCN1)c1ccc(C(=O)NC)nn1. The number of carbonyl (C=O) groups is 1. The van der Waals surface area contributed by atoms with E-state index in [4.69, 9.17) is 0 Å². The third-order valence-corrected chi connectivity index (χ3v) is 3.67. The summed E-state index contributed by atoms with van der Waals surface area (Å²) in [4.78, 5) is 13.6. The number of piperidine rings is 1. The van der Waals surface area contributed by atoms with Crippen molar-refractivity contribution in [1.82, 2.24) is 20.8 Å². The normalized spacial score (nSPS) is 18.6. The Bertz CT molecular complexity index is 428. The van der Waals surface area contributed by atoms with Gasteiger partial charge in [0.15, 0.2) is 11.5 Å². The number of hydrogen-bond donors (Lipinski definition) is 2. The largest absolute Gasteiger partial charge is 0.354 e. The quantitative estimate of drug-likeness (QED) is 0.833. The maximum absolute atomic E-state index is 11.4. The summed E-state index contributed by atoms with van der Waals surface area (Å²) in [5.74, 6) is 0.619. The topological polar surface area (TPSA) is 70.2 Å². The molecule has 1 aromatic rings. The van der Waals surface area contributed by atoms with E-state index in [0.29, 0.717) is 11.7 Å². The van der Waals surface area contributed by atoms with Gasteiger partial charge in [-0.15, -0.1) is 10.2 Å². The van der Waals surface area contributed by atoms with Crippen LogP contribution in [0.2, 0.25) is 0 Å². The van der Waals surface area contributed by atoms with Gasteiger partial charge in [-0.1, -0.05) is 6.42 Å². The molecule has 2 heterocycles. The zero-order valence-corrected chi connectivity index (χ0v) is 12.2. The third-order valence-electron chi connectivity index (χ3n) is 3.67. The van der Waals surface area contributed by atoms with Gasteiger partial charge in [-0.05, 0) is 38.4 Å². The van der Waals surface area contributed by atoms with E-state index in [-0.39, 0.29) is 5.91 Å². The van der Waals surface area contributed by atoms with Crippen LogP contribution in [-0.4, -0.2) is 48.8 Å². The zero-order valence-electron chi connectivity index (χ0n) is 12.2. The number of nitrogens with zero attached hydrogens (tertiary/aromatic N) is 3. The lowest BCUT2D eigenvalue weighted by Gasteiger charge is -2.30. The van der Waals surface area contributed by atoms with Gasteiger partial charge in [0.2, 0.25) is 0 Å². The Balaban J connectivity index is 2.01. The van der Waals surface area contributed by atoms with E-state index in [1.807, 2.05) is 6.07 Å². The van der Waals surface area contributed by atoms with Crippen molar-refractivity contribution >= 4 is 11.7 Å². The molecule has 2 N–H and O–H groups in total. The summed E-state index contributed by atoms with van der Waals surface area (Å²) in [5, 5.41) is 14.2. The summed E-state index contributed by atoms with van der Waals surface area (Å²) in [6, 6.07) is 4.10. The summed E-state index contributed by atoms with van der Waals surface area (Å²) < 4.78 is 0. The molecule has 2 rings (SSSR count). The number of hydrogen-bond acceptors (Lipinski definition) is 5. The monoisotopic (exact) mass is 277 g/mol. The van der Waals surface area contributed by atoms with Crippen molar-refractivity contribution in [2.75, 3.05) is 31.6 Å². The molecule has 6 nitrogen and oxygen atoms in total. The lowest BCUT2D eigenvalue weighted by Crippen LogP contribution is -2.44. The minimum Gasteiger partial charge on any atom is -0.354 e. The molecule has 1 aromatic heterocycles. The van der Waals surface area contributed by atoms with E-state index < -0.39 is 0 Å². The van der Waals surface area contributed by atoms with Crippen LogP contribution in [-0.2, 0) is 0 Å². The molecule has 0 bridgehead atoms. The highest BCUT2D eigenvalue weighted by atomic mass is 16.1. The summed E-state index contributed by atoms with van der Waals surface area (Å²) in [7, 11) is 1.59. The van der Waals surface area contributed by atoms with Gasteiger partial charge in [-0.2, -0.15) is 0 Å². The first kappa shape index (κ1) is 14.7. The molecule has 1 unspecified atom stereocenters. The average Bonchev–Trinajstić information content (AvgIpc) is 2.53. The molecule has 0 radical (unpaired) electrons. The first-order chi connectivity index (χ1) is 9.74. The van der Waals surface area contributed by atoms with Crippen molar-refractivity contribution in [3.63, 3.8) is 0 Å². The summed E-state index contributed by atoms with van der Waals surface area (Å²) in [6.45, 7) is 5.03. The van der Waals surface area contributed by atoms with Gasteiger partial charge in [0.1, 0.15) is 0 Å². The predicted molar refractivity (Wildman–Crippen MR) is 79.0 cm³/mol. The van der Waals surface area contributed by atoms with Crippen LogP contribution in [0.15, 0.2) is 12.1 Å². The molecule has 1 atom stereocenters. The molecular formula is C14H23N5O. The fourth-order valence-electron chi connectivity index (χ4n) is 2.47. The van der Waals surface area contributed by atoms with Gasteiger partial charge in [-0.25, -0.2) is 0 Å². The molecule has 110 valence electrons. The van der Waals surface area contributed by atoms with E-state index in [9.17, 15) is 4.79 Å². The van der Waals surface area contributed by atoms with E-state index in [2.05, 4.69) is 32.7 Å². The number of rotatable bonds is 5. The average molecular weight is 277 g/mol. The summed E-state index contributed by atoms with van der Waals surface area (Å²) in [5.41, 5.74) is 0.350. The van der Waals surface area contributed by atoms with Crippen molar-refractivity contribution < 1.29 is 4.79 Å². The van der Waals surface area contributed by atoms with E-state index in [0.717, 1.165) is 25.5 Å². The predicted octanol–water partition coefficient (Wildman–Crippen LogP) is 0.805. The number of aromatic nitrogens is 2. The highest BCUT2D eigenvalue weighted by Gasteiger charge is 2.17. The fraction of sp³-hybridized carbons (Fsp3) is 0.643. The number of likely N-dealkylation sites (N-methyl/N-ethyl adjacent to an activating group) is 1.